The number of ether oxygens (including phenoxy) is 1. The van der Waals surface area contributed by atoms with E-state index >= 15 is 0 Å². The number of nitrogens with zero attached hydrogens (tertiary/aromatic N) is 3. The maximum atomic E-state index is 7.92. The Labute approximate surface area is 282 Å². The van der Waals surface area contributed by atoms with E-state index in [2.05, 4.69) is 143 Å². The Morgan fingerprint density at radius 3 is 1.62 bits per heavy atom. The van der Waals surface area contributed by atoms with Crippen LogP contribution in [0.15, 0.2) is 54.6 Å². The molecule has 2 aliphatic rings. The van der Waals surface area contributed by atoms with Gasteiger partial charge in [-0.25, -0.2) is 0 Å². The molecule has 2 aliphatic heterocycles. The van der Waals surface area contributed by atoms with E-state index in [1.165, 1.54) is 33.6 Å². The van der Waals surface area contributed by atoms with Gasteiger partial charge < -0.3 is 0 Å². The van der Waals surface area contributed by atoms with Gasteiger partial charge in [0.2, 0.25) is 0 Å². The molecule has 0 N–H and O–H groups in total. The number of likely N-dealkylation sites (N-methyl/N-ethyl adjacent to an activating group) is 1. The molecule has 1 fully saturated rings. The van der Waals surface area contributed by atoms with E-state index in [0.29, 0.717) is 23.7 Å². The second-order valence-corrected chi connectivity index (χ2v) is 18.5. The van der Waals surface area contributed by atoms with Gasteiger partial charge >= 0.3 is 283 Å². The van der Waals surface area contributed by atoms with E-state index in [1.807, 2.05) is 0 Å². The van der Waals surface area contributed by atoms with E-state index < -0.39 is 14.5 Å². The van der Waals surface area contributed by atoms with Gasteiger partial charge in [0.1, 0.15) is 0 Å². The predicted molar refractivity (Wildman–Crippen MR) is 193 cm³/mol. The van der Waals surface area contributed by atoms with E-state index in [-0.39, 0.29) is 10.9 Å². The van der Waals surface area contributed by atoms with Gasteiger partial charge in [-0.15, -0.1) is 0 Å². The van der Waals surface area contributed by atoms with Crippen molar-refractivity contribution in [2.24, 2.45) is 0 Å². The van der Waals surface area contributed by atoms with Crippen molar-refractivity contribution in [2.75, 3.05) is 41.4 Å². The molecule has 1 saturated heterocycles. The van der Waals surface area contributed by atoms with E-state index in [1.54, 1.807) is 0 Å². The number of hydrogen-bond donors (Lipinski definition) is 0. The van der Waals surface area contributed by atoms with Crippen LogP contribution in [0, 0.1) is 0 Å². The molecule has 0 radical (unpaired) electrons. The van der Waals surface area contributed by atoms with Crippen LogP contribution < -0.4 is 19.4 Å². The first kappa shape index (κ1) is 34.0. The first-order valence-electron chi connectivity index (χ1n) is 16.9. The number of rotatable bonds is 9. The SMILES string of the molecule is CCC1CN(C)c2cccc([CH]=[Ru]([Cl])[CH]3N(c4c(C(C)C)cccc4C(C)C)CCN3c3c(C(C)C)cccc3C(C)C)c2O1. The zero-order valence-corrected chi connectivity index (χ0v) is 31.5. The van der Waals surface area contributed by atoms with Gasteiger partial charge in [0.05, 0.1) is 0 Å². The summed E-state index contributed by atoms with van der Waals surface area (Å²) in [6.45, 7) is 23.6. The molecule has 0 spiro atoms. The molecule has 4 nitrogen and oxygen atoms in total. The second-order valence-electron chi connectivity index (χ2n) is 14.0. The molecule has 1 atom stereocenters. The Bertz CT molecular complexity index is 1410. The molecule has 0 aromatic heterocycles. The fraction of sp³-hybridized carbons (Fsp3) is 0.513. The van der Waals surface area contributed by atoms with E-state index in [9.17, 15) is 0 Å². The van der Waals surface area contributed by atoms with Gasteiger partial charge in [0.25, 0.3) is 0 Å². The van der Waals surface area contributed by atoms with Crippen molar-refractivity contribution in [2.45, 2.75) is 103 Å². The van der Waals surface area contributed by atoms with Crippen molar-refractivity contribution >= 4 is 31.4 Å². The van der Waals surface area contributed by atoms with Crippen LogP contribution in [0.1, 0.15) is 120 Å². The summed E-state index contributed by atoms with van der Waals surface area (Å²) >= 11 is -2.20. The molecule has 0 aliphatic carbocycles. The quantitative estimate of drug-likeness (QED) is 0.205. The van der Waals surface area contributed by atoms with Crippen LogP contribution in [-0.2, 0) is 14.5 Å². The van der Waals surface area contributed by atoms with Crippen molar-refractivity contribution < 1.29 is 19.2 Å². The van der Waals surface area contributed by atoms with Crippen LogP contribution in [0.25, 0.3) is 0 Å². The topological polar surface area (TPSA) is 19.0 Å². The third-order valence-corrected chi connectivity index (χ3v) is 13.6. The van der Waals surface area contributed by atoms with Crippen LogP contribution in [0.4, 0.5) is 17.1 Å². The minimum atomic E-state index is -2.20. The Hall–Kier alpha value is -2.36. The summed E-state index contributed by atoms with van der Waals surface area (Å²) in [5.41, 5.74) is 10.8. The third kappa shape index (κ3) is 6.73. The molecule has 0 saturated carbocycles. The Balaban J connectivity index is 1.74. The Kier molecular flexibility index (Phi) is 10.7. The molecular weight excluding hydrogens is 663 g/mol. The van der Waals surface area contributed by atoms with Crippen molar-refractivity contribution in [3.05, 3.63) is 82.4 Å². The van der Waals surface area contributed by atoms with Crippen molar-refractivity contribution in [1.82, 2.24) is 0 Å². The third-order valence-electron chi connectivity index (χ3n) is 9.38. The average molecular weight is 717 g/mol. The molecule has 2 heterocycles. The second kappa shape index (κ2) is 14.2. The molecule has 0 amide bonds. The summed E-state index contributed by atoms with van der Waals surface area (Å²) in [6.07, 6.45) is 1.17. The van der Waals surface area contributed by atoms with Crippen molar-refractivity contribution in [1.29, 1.82) is 0 Å². The van der Waals surface area contributed by atoms with Crippen LogP contribution in [0.2, 0.25) is 0 Å². The van der Waals surface area contributed by atoms with E-state index in [0.717, 1.165) is 43.1 Å². The molecule has 0 bridgehead atoms. The molecule has 6 heteroatoms. The summed E-state index contributed by atoms with van der Waals surface area (Å²) in [6, 6.07) is 20.4. The van der Waals surface area contributed by atoms with Gasteiger partial charge in [-0.05, 0) is 0 Å². The Morgan fingerprint density at radius 1 is 0.756 bits per heavy atom. The number of hydrogen-bond acceptors (Lipinski definition) is 4. The number of halogens is 1. The summed E-state index contributed by atoms with van der Waals surface area (Å²) in [4.78, 5) is 7.74. The first-order chi connectivity index (χ1) is 21.4. The first-order valence-corrected chi connectivity index (χ1v) is 21.1. The molecule has 1 unspecified atom stereocenters. The molecule has 3 aromatic rings. The Morgan fingerprint density at radius 2 is 1.20 bits per heavy atom. The van der Waals surface area contributed by atoms with Crippen LogP contribution in [0.5, 0.6) is 5.75 Å². The standard InChI is InChI=1S/C27H39N2.C12H15NO.ClH.Ru/c1-18(2)22-11-9-12-23(19(3)4)26(22)28-15-16-29(17-28)27-24(20(5)6)13-10-14-25(27)21(7)8;1-4-10-8-13(3)11-7-5-6-9(2)12(11)14-10;;/h9-14,17-21H,15-16H2,1-8H3;2,5-7,10H,4,8H2,1,3H3;1H;/q;;;+1/p-1. The molecular formula is C39H54ClN3ORu. The zero-order valence-electron chi connectivity index (χ0n) is 29.0. The predicted octanol–water partition coefficient (Wildman–Crippen LogP) is 10.0. The molecule has 45 heavy (non-hydrogen) atoms. The van der Waals surface area contributed by atoms with Crippen LogP contribution in [0.3, 0.4) is 0 Å². The monoisotopic (exact) mass is 717 g/mol. The number of anilines is 3. The van der Waals surface area contributed by atoms with Gasteiger partial charge in [-0.1, -0.05) is 0 Å². The normalized spacial score (nSPS) is 18.5. The summed E-state index contributed by atoms with van der Waals surface area (Å²) < 4.78 is 9.12. The van der Waals surface area contributed by atoms with Gasteiger partial charge in [-0.2, -0.15) is 0 Å². The summed E-state index contributed by atoms with van der Waals surface area (Å²) in [5, 5.41) is 0. The van der Waals surface area contributed by atoms with Crippen molar-refractivity contribution in [3.8, 4) is 5.75 Å². The molecule has 246 valence electrons. The molecule has 5 rings (SSSR count). The summed E-state index contributed by atoms with van der Waals surface area (Å²) in [5.74, 6) is 2.65. The number of para-hydroxylation sites is 3. The fourth-order valence-corrected chi connectivity index (χ4v) is 11.5. The van der Waals surface area contributed by atoms with E-state index in [4.69, 9.17) is 14.4 Å². The maximum absolute atomic E-state index is 7.92. The zero-order chi connectivity index (χ0) is 32.6. The average Bonchev–Trinajstić information content (AvgIpc) is 3.45. The molecule has 3 aromatic carbocycles. The van der Waals surface area contributed by atoms with Crippen LogP contribution in [-0.4, -0.2) is 42.2 Å². The van der Waals surface area contributed by atoms with Crippen molar-refractivity contribution in [3.63, 3.8) is 0 Å². The fourth-order valence-electron chi connectivity index (χ4n) is 6.95. The van der Waals surface area contributed by atoms with Gasteiger partial charge in [0.15, 0.2) is 0 Å². The van der Waals surface area contributed by atoms with Crippen LogP contribution >= 0.6 is 9.69 Å². The minimum absolute atomic E-state index is 0.0745. The van der Waals surface area contributed by atoms with Gasteiger partial charge in [0, 0.05) is 0 Å². The van der Waals surface area contributed by atoms with Gasteiger partial charge in [-0.3, -0.25) is 0 Å². The summed E-state index contributed by atoms with van der Waals surface area (Å²) in [7, 11) is 10.1. The number of benzene rings is 3. The number of fused-ring (bicyclic) bond motifs is 1.